The second-order valence-corrected chi connectivity index (χ2v) is 8.93. The van der Waals surface area contributed by atoms with E-state index in [0.29, 0.717) is 0 Å². The average Bonchev–Trinajstić information content (AvgIpc) is 3.54. The highest BCUT2D eigenvalue weighted by Crippen LogP contribution is 2.34. The smallest absolute Gasteiger partial charge is 0.146 e. The molecule has 0 atom stereocenters. The van der Waals surface area contributed by atoms with Gasteiger partial charge < -0.3 is 4.98 Å². The monoisotopic (exact) mass is 505 g/mol. The number of pyridine rings is 1. The number of aromatic amines is 1. The van der Waals surface area contributed by atoms with Crippen LogP contribution in [-0.2, 0) is 0 Å². The maximum Gasteiger partial charge on any atom is 0.146 e. The average molecular weight is 506 g/mol. The van der Waals surface area contributed by atoms with Crippen LogP contribution in [0.25, 0.3) is 55.1 Å². The van der Waals surface area contributed by atoms with Crippen LogP contribution in [0.3, 0.4) is 0 Å². The summed E-state index contributed by atoms with van der Waals surface area (Å²) < 4.78 is 2.26. The van der Waals surface area contributed by atoms with Crippen LogP contribution < -0.4 is 0 Å². The van der Waals surface area contributed by atoms with Gasteiger partial charge in [0.15, 0.2) is 0 Å². The molecule has 0 aliphatic carbocycles. The lowest BCUT2D eigenvalue weighted by Crippen LogP contribution is -1.94. The molecule has 0 radical (unpaired) electrons. The molecule has 7 aromatic rings. The largest absolute Gasteiger partial charge is 0.353 e. The van der Waals surface area contributed by atoms with Gasteiger partial charge in [-0.1, -0.05) is 104 Å². The Balaban J connectivity index is 0.000000201. The molecule has 39 heavy (non-hydrogen) atoms. The van der Waals surface area contributed by atoms with Gasteiger partial charge in [0.2, 0.25) is 0 Å². The Hall–Kier alpha value is -5.15. The molecule has 0 aliphatic rings. The van der Waals surface area contributed by atoms with Crippen molar-refractivity contribution in [3.63, 3.8) is 0 Å². The molecule has 0 unspecified atom stereocenters. The van der Waals surface area contributed by atoms with E-state index in [0.717, 1.165) is 33.3 Å². The Morgan fingerprint density at radius 2 is 1.33 bits per heavy atom. The van der Waals surface area contributed by atoms with Gasteiger partial charge in [-0.25, -0.2) is 4.98 Å². The molecule has 3 heteroatoms. The molecule has 7 rings (SSSR count). The summed E-state index contributed by atoms with van der Waals surface area (Å²) in [7, 11) is 0. The van der Waals surface area contributed by atoms with E-state index in [-0.39, 0.29) is 0 Å². The van der Waals surface area contributed by atoms with Crippen molar-refractivity contribution in [2.45, 2.75) is 6.92 Å². The standard InChI is InChI=1S/C23H15N3.C11H12.C2H4/c1-2-8-15(9-3-1)26-21-13-7-5-10-16(21)18-14-20-22(25-23(18)26)17-11-4-6-12-19(17)24-20;1-3-10(4-2)11-8-6-5-7-9-11;1-2/h1-14,24H;3-9H,1H2,2H3;1-2H2/b;10-4+;. The summed E-state index contributed by atoms with van der Waals surface area (Å²) in [6, 6.07) is 39.8. The van der Waals surface area contributed by atoms with Crippen LogP contribution >= 0.6 is 0 Å². The second-order valence-electron chi connectivity index (χ2n) is 8.93. The second kappa shape index (κ2) is 11.5. The van der Waals surface area contributed by atoms with E-state index in [2.05, 4.69) is 126 Å². The summed E-state index contributed by atoms with van der Waals surface area (Å²) >= 11 is 0. The molecule has 3 heterocycles. The van der Waals surface area contributed by atoms with Crippen LogP contribution in [-0.4, -0.2) is 14.5 Å². The number of benzene rings is 4. The van der Waals surface area contributed by atoms with Crippen LogP contribution in [0.15, 0.2) is 147 Å². The summed E-state index contributed by atoms with van der Waals surface area (Å²) in [5.74, 6) is 0. The van der Waals surface area contributed by atoms with Gasteiger partial charge in [-0.15, -0.1) is 13.2 Å². The zero-order valence-corrected chi connectivity index (χ0v) is 22.1. The molecule has 0 fully saturated rings. The Labute approximate surface area is 229 Å². The van der Waals surface area contributed by atoms with Gasteiger partial charge in [-0.3, -0.25) is 4.57 Å². The van der Waals surface area contributed by atoms with Crippen molar-refractivity contribution in [3.05, 3.63) is 153 Å². The van der Waals surface area contributed by atoms with E-state index in [9.17, 15) is 0 Å². The Morgan fingerprint density at radius 3 is 2.03 bits per heavy atom. The number of aromatic nitrogens is 3. The lowest BCUT2D eigenvalue weighted by atomic mass is 10.1. The molecule has 0 spiro atoms. The maximum absolute atomic E-state index is 5.11. The van der Waals surface area contributed by atoms with E-state index >= 15 is 0 Å². The fourth-order valence-electron chi connectivity index (χ4n) is 5.00. The van der Waals surface area contributed by atoms with Gasteiger partial charge in [0, 0.05) is 27.4 Å². The van der Waals surface area contributed by atoms with Gasteiger partial charge in [-0.05, 0) is 48.4 Å². The number of allylic oxidation sites excluding steroid dienone is 3. The first kappa shape index (κ1) is 25.5. The van der Waals surface area contributed by atoms with Gasteiger partial charge in [-0.2, -0.15) is 0 Å². The number of rotatable bonds is 3. The molecule has 0 aliphatic heterocycles. The third-order valence-corrected chi connectivity index (χ3v) is 6.75. The SMILES string of the molecule is C=C.C=C/C(=C\C)c1ccccc1.c1ccc(-n2c3ccccc3c3cc4[nH]c5ccccc5c4nc32)cc1. The summed E-state index contributed by atoms with van der Waals surface area (Å²) in [5.41, 5.74) is 8.94. The molecule has 0 saturated heterocycles. The third kappa shape index (κ3) is 4.78. The Bertz CT molecular complexity index is 1910. The highest BCUT2D eigenvalue weighted by Gasteiger charge is 2.16. The summed E-state index contributed by atoms with van der Waals surface area (Å²) in [6.07, 6.45) is 3.93. The van der Waals surface area contributed by atoms with E-state index in [4.69, 9.17) is 4.98 Å². The number of H-pyrrole nitrogens is 1. The van der Waals surface area contributed by atoms with Gasteiger partial charge >= 0.3 is 0 Å². The molecule has 3 nitrogen and oxygen atoms in total. The fraction of sp³-hybridized carbons (Fsp3) is 0.0278. The normalized spacial score (nSPS) is 11.2. The molecule has 0 amide bonds. The first-order valence-electron chi connectivity index (χ1n) is 13.0. The number of para-hydroxylation sites is 3. The zero-order valence-electron chi connectivity index (χ0n) is 22.1. The molecule has 0 saturated carbocycles. The Morgan fingerprint density at radius 1 is 0.718 bits per heavy atom. The molecule has 1 N–H and O–H groups in total. The van der Waals surface area contributed by atoms with Crippen LogP contribution in [0, 0.1) is 0 Å². The summed E-state index contributed by atoms with van der Waals surface area (Å²) in [4.78, 5) is 8.62. The van der Waals surface area contributed by atoms with Crippen molar-refractivity contribution in [1.29, 1.82) is 0 Å². The van der Waals surface area contributed by atoms with Gasteiger partial charge in [0.25, 0.3) is 0 Å². The van der Waals surface area contributed by atoms with E-state index in [1.807, 2.05) is 37.3 Å². The van der Waals surface area contributed by atoms with Crippen molar-refractivity contribution < 1.29 is 0 Å². The van der Waals surface area contributed by atoms with E-state index in [1.54, 1.807) is 0 Å². The minimum absolute atomic E-state index is 0.995. The fourth-order valence-corrected chi connectivity index (χ4v) is 5.00. The van der Waals surface area contributed by atoms with Gasteiger partial charge in [0.05, 0.1) is 16.6 Å². The lowest BCUT2D eigenvalue weighted by molar-refractivity contribution is 1.15. The zero-order chi connectivity index (χ0) is 27.2. The van der Waals surface area contributed by atoms with E-state index < -0.39 is 0 Å². The molecule has 4 aromatic carbocycles. The van der Waals surface area contributed by atoms with Crippen LogP contribution in [0.1, 0.15) is 12.5 Å². The predicted molar refractivity (Wildman–Crippen MR) is 169 cm³/mol. The third-order valence-electron chi connectivity index (χ3n) is 6.75. The molecule has 190 valence electrons. The van der Waals surface area contributed by atoms with Gasteiger partial charge in [0.1, 0.15) is 5.65 Å². The molecular formula is C36H31N3. The van der Waals surface area contributed by atoms with Crippen LogP contribution in [0.5, 0.6) is 0 Å². The number of hydrogen-bond donors (Lipinski definition) is 1. The molecule has 3 aromatic heterocycles. The van der Waals surface area contributed by atoms with Crippen molar-refractivity contribution in [3.8, 4) is 5.69 Å². The number of nitrogens with zero attached hydrogens (tertiary/aromatic N) is 2. The number of hydrogen-bond acceptors (Lipinski definition) is 1. The molecule has 0 bridgehead atoms. The maximum atomic E-state index is 5.11. The highest BCUT2D eigenvalue weighted by molar-refractivity contribution is 6.14. The number of fused-ring (bicyclic) bond motifs is 6. The van der Waals surface area contributed by atoms with Crippen LogP contribution in [0.4, 0.5) is 0 Å². The van der Waals surface area contributed by atoms with Crippen molar-refractivity contribution in [2.24, 2.45) is 0 Å². The predicted octanol–water partition coefficient (Wildman–Crippen LogP) is 9.89. The number of nitrogens with one attached hydrogen (secondary N) is 1. The van der Waals surface area contributed by atoms with Crippen molar-refractivity contribution in [2.75, 3.05) is 0 Å². The topological polar surface area (TPSA) is 33.6 Å². The lowest BCUT2D eigenvalue weighted by Gasteiger charge is -2.06. The van der Waals surface area contributed by atoms with Crippen molar-refractivity contribution in [1.82, 2.24) is 14.5 Å². The highest BCUT2D eigenvalue weighted by atomic mass is 15.1. The Kier molecular flexibility index (Phi) is 7.51. The summed E-state index contributed by atoms with van der Waals surface area (Å²) in [5, 5.41) is 3.55. The molecular weight excluding hydrogens is 474 g/mol. The van der Waals surface area contributed by atoms with E-state index in [1.165, 1.54) is 27.4 Å². The quantitative estimate of drug-likeness (QED) is 0.188. The van der Waals surface area contributed by atoms with Crippen molar-refractivity contribution >= 4 is 49.4 Å². The minimum Gasteiger partial charge on any atom is -0.353 e. The minimum atomic E-state index is 0.995. The van der Waals surface area contributed by atoms with Crippen LogP contribution in [0.2, 0.25) is 0 Å². The first-order valence-corrected chi connectivity index (χ1v) is 13.0. The summed E-state index contributed by atoms with van der Waals surface area (Å²) in [6.45, 7) is 11.8. The first-order chi connectivity index (χ1) is 19.3.